The fraction of sp³-hybridized carbons (Fsp3) is 0.125. The molecule has 1 aliphatic rings. The van der Waals surface area contributed by atoms with E-state index in [1.165, 1.54) is 19.4 Å². The number of fused-ring (bicyclic) bond motifs is 1. The summed E-state index contributed by atoms with van der Waals surface area (Å²) in [5, 5.41) is 0.436. The van der Waals surface area contributed by atoms with Gasteiger partial charge in [-0.1, -0.05) is 47.5 Å². The number of rotatable bonds is 1. The molecule has 0 saturated heterocycles. The minimum absolute atomic E-state index is 0.0504. The number of Topliss-reactive ketones (excluding diaryl/α,β-unsaturated/α-hetero) is 2. The van der Waals surface area contributed by atoms with Crippen LogP contribution >= 0.6 is 23.2 Å². The smallest absolute Gasteiger partial charge is 0.341 e. The Morgan fingerprint density at radius 2 is 1.70 bits per heavy atom. The van der Waals surface area contributed by atoms with Crippen molar-refractivity contribution in [1.82, 2.24) is 4.98 Å². The molecule has 23 heavy (non-hydrogen) atoms. The van der Waals surface area contributed by atoms with Crippen molar-refractivity contribution >= 4 is 40.7 Å². The number of methoxy groups -OCH3 is 1. The molecular weight excluding hydrogens is 341 g/mol. The van der Waals surface area contributed by atoms with Crippen LogP contribution in [0.4, 0.5) is 0 Å². The molecule has 1 heterocycles. The lowest BCUT2D eigenvalue weighted by molar-refractivity contribution is 0.0600. The van der Waals surface area contributed by atoms with Crippen LogP contribution in [0.15, 0.2) is 36.5 Å². The molecule has 0 unspecified atom stereocenters. The molecule has 1 aromatic heterocycles. The standard InChI is InChI=1S/C9H6O2.C7H5Cl2NO2/c10-8-5-9(11)7-4-2-1-3-6(7)8;1-12-7(11)5-2-4(8)3-10-6(5)9/h1-4H,5H2;2-3H,1H3. The Morgan fingerprint density at radius 3 is 2.22 bits per heavy atom. The fourth-order valence-electron chi connectivity index (χ4n) is 1.98. The van der Waals surface area contributed by atoms with Crippen molar-refractivity contribution in [3.8, 4) is 0 Å². The van der Waals surface area contributed by atoms with E-state index in [0.29, 0.717) is 16.1 Å². The van der Waals surface area contributed by atoms with Crippen molar-refractivity contribution in [3.63, 3.8) is 0 Å². The summed E-state index contributed by atoms with van der Waals surface area (Å²) in [7, 11) is 1.26. The van der Waals surface area contributed by atoms with Gasteiger partial charge in [-0.2, -0.15) is 0 Å². The van der Waals surface area contributed by atoms with E-state index < -0.39 is 5.97 Å². The fourth-order valence-corrected chi connectivity index (χ4v) is 2.32. The molecule has 0 N–H and O–H groups in total. The first-order valence-corrected chi connectivity index (χ1v) is 7.24. The van der Waals surface area contributed by atoms with Crippen LogP contribution in [0.5, 0.6) is 0 Å². The molecule has 3 rings (SSSR count). The predicted molar refractivity (Wildman–Crippen MR) is 85.3 cm³/mol. The molecule has 118 valence electrons. The van der Waals surface area contributed by atoms with Gasteiger partial charge >= 0.3 is 5.97 Å². The van der Waals surface area contributed by atoms with Gasteiger partial charge in [0, 0.05) is 17.3 Å². The van der Waals surface area contributed by atoms with Crippen LogP contribution in [-0.4, -0.2) is 29.6 Å². The second-order valence-corrected chi connectivity index (χ2v) is 5.35. The van der Waals surface area contributed by atoms with Gasteiger partial charge in [-0.3, -0.25) is 9.59 Å². The zero-order valence-corrected chi connectivity index (χ0v) is 13.5. The van der Waals surface area contributed by atoms with E-state index in [1.54, 1.807) is 24.3 Å². The van der Waals surface area contributed by atoms with E-state index in [2.05, 4.69) is 9.72 Å². The van der Waals surface area contributed by atoms with Crippen molar-refractivity contribution in [2.24, 2.45) is 0 Å². The summed E-state index contributed by atoms with van der Waals surface area (Å²) < 4.78 is 4.45. The number of hydrogen-bond acceptors (Lipinski definition) is 5. The summed E-state index contributed by atoms with van der Waals surface area (Å²) in [5.74, 6) is -0.647. The van der Waals surface area contributed by atoms with Crippen LogP contribution in [0, 0.1) is 0 Å². The minimum Gasteiger partial charge on any atom is -0.465 e. The van der Waals surface area contributed by atoms with Crippen LogP contribution in [-0.2, 0) is 4.74 Å². The lowest BCUT2D eigenvalue weighted by Gasteiger charge is -2.00. The highest BCUT2D eigenvalue weighted by molar-refractivity contribution is 6.34. The number of ketones is 2. The minimum atomic E-state index is -0.546. The zero-order valence-electron chi connectivity index (χ0n) is 12.0. The number of benzene rings is 1. The van der Waals surface area contributed by atoms with E-state index in [0.717, 1.165) is 0 Å². The quantitative estimate of drug-likeness (QED) is 0.445. The molecule has 7 heteroatoms. The lowest BCUT2D eigenvalue weighted by Crippen LogP contribution is -2.02. The summed E-state index contributed by atoms with van der Waals surface area (Å²) in [6.07, 6.45) is 1.41. The van der Waals surface area contributed by atoms with Crippen LogP contribution < -0.4 is 0 Å². The number of carbonyl (C=O) groups excluding carboxylic acids is 3. The third-order valence-corrected chi connectivity index (χ3v) is 3.57. The van der Waals surface area contributed by atoms with Crippen molar-refractivity contribution in [1.29, 1.82) is 0 Å². The van der Waals surface area contributed by atoms with E-state index in [-0.39, 0.29) is 28.7 Å². The summed E-state index contributed by atoms with van der Waals surface area (Å²) in [4.78, 5) is 36.8. The number of ether oxygens (including phenoxy) is 1. The first-order chi connectivity index (χ1) is 10.9. The Kier molecular flexibility index (Phi) is 5.47. The highest BCUT2D eigenvalue weighted by atomic mass is 35.5. The maximum Gasteiger partial charge on any atom is 0.341 e. The first-order valence-electron chi connectivity index (χ1n) is 6.48. The molecule has 1 aliphatic carbocycles. The zero-order chi connectivity index (χ0) is 17.0. The number of halogens is 2. The summed E-state index contributed by atoms with van der Waals surface area (Å²) in [6.45, 7) is 0. The van der Waals surface area contributed by atoms with Gasteiger partial charge < -0.3 is 4.74 Å². The second kappa shape index (κ2) is 7.35. The van der Waals surface area contributed by atoms with Gasteiger partial charge in [0.2, 0.25) is 0 Å². The number of esters is 1. The largest absolute Gasteiger partial charge is 0.465 e. The Balaban J connectivity index is 0.000000167. The van der Waals surface area contributed by atoms with Gasteiger partial charge in [-0.15, -0.1) is 0 Å². The van der Waals surface area contributed by atoms with E-state index in [4.69, 9.17) is 23.2 Å². The molecule has 0 amide bonds. The number of hydrogen-bond donors (Lipinski definition) is 0. The highest BCUT2D eigenvalue weighted by Crippen LogP contribution is 2.20. The lowest BCUT2D eigenvalue weighted by atomic mass is 10.1. The Bertz CT molecular complexity index is 756. The molecule has 0 atom stereocenters. The van der Waals surface area contributed by atoms with Gasteiger partial charge in [0.1, 0.15) is 5.15 Å². The van der Waals surface area contributed by atoms with Crippen LogP contribution in [0.1, 0.15) is 37.5 Å². The molecule has 0 bridgehead atoms. The molecule has 0 saturated carbocycles. The van der Waals surface area contributed by atoms with Crippen molar-refractivity contribution in [3.05, 3.63) is 63.4 Å². The average Bonchev–Trinajstić information content (AvgIpc) is 2.85. The predicted octanol–water partition coefficient (Wildman–Crippen LogP) is 3.63. The van der Waals surface area contributed by atoms with Crippen molar-refractivity contribution in [2.75, 3.05) is 7.11 Å². The number of aromatic nitrogens is 1. The third kappa shape index (κ3) is 3.94. The topological polar surface area (TPSA) is 73.3 Å². The molecule has 0 aliphatic heterocycles. The van der Waals surface area contributed by atoms with Crippen LogP contribution in [0.2, 0.25) is 10.2 Å². The van der Waals surface area contributed by atoms with Gasteiger partial charge in [-0.05, 0) is 6.07 Å². The van der Waals surface area contributed by atoms with E-state index in [1.807, 2.05) is 0 Å². The van der Waals surface area contributed by atoms with Gasteiger partial charge in [0.05, 0.1) is 24.1 Å². The van der Waals surface area contributed by atoms with E-state index >= 15 is 0 Å². The Hall–Kier alpha value is -2.24. The molecule has 2 aromatic rings. The Labute approximate surface area is 142 Å². The molecule has 0 spiro atoms. The molecule has 1 aromatic carbocycles. The third-order valence-electron chi connectivity index (χ3n) is 3.06. The summed E-state index contributed by atoms with van der Waals surface area (Å²) in [6, 6.07) is 8.35. The normalized spacial score (nSPS) is 12.3. The Morgan fingerprint density at radius 1 is 1.13 bits per heavy atom. The molecule has 5 nitrogen and oxygen atoms in total. The first kappa shape index (κ1) is 17.1. The maximum atomic E-state index is 11.1. The highest BCUT2D eigenvalue weighted by Gasteiger charge is 2.25. The SMILES string of the molecule is COC(=O)c1cc(Cl)cnc1Cl.O=C1CC(=O)c2ccccc21. The van der Waals surface area contributed by atoms with Gasteiger partial charge in [-0.25, -0.2) is 9.78 Å². The van der Waals surface area contributed by atoms with Crippen molar-refractivity contribution < 1.29 is 19.1 Å². The molecule has 0 fully saturated rings. The summed E-state index contributed by atoms with van der Waals surface area (Å²) in [5.41, 5.74) is 1.33. The number of carbonyl (C=O) groups is 3. The van der Waals surface area contributed by atoms with Crippen LogP contribution in [0.25, 0.3) is 0 Å². The van der Waals surface area contributed by atoms with Crippen LogP contribution in [0.3, 0.4) is 0 Å². The van der Waals surface area contributed by atoms with Gasteiger partial charge in [0.15, 0.2) is 11.6 Å². The van der Waals surface area contributed by atoms with Crippen molar-refractivity contribution in [2.45, 2.75) is 6.42 Å². The molecule has 0 radical (unpaired) electrons. The number of pyridine rings is 1. The average molecular weight is 352 g/mol. The van der Waals surface area contributed by atoms with E-state index in [9.17, 15) is 14.4 Å². The number of nitrogens with zero attached hydrogens (tertiary/aromatic N) is 1. The maximum absolute atomic E-state index is 11.1. The monoisotopic (exact) mass is 351 g/mol. The van der Waals surface area contributed by atoms with Gasteiger partial charge in [0.25, 0.3) is 0 Å². The summed E-state index contributed by atoms with van der Waals surface area (Å²) >= 11 is 11.2. The molecular formula is C16H11Cl2NO4. The second-order valence-electron chi connectivity index (χ2n) is 4.55.